The Bertz CT molecular complexity index is 1240. The fourth-order valence-electron chi connectivity index (χ4n) is 4.43. The van der Waals surface area contributed by atoms with Gasteiger partial charge in [0.05, 0.1) is 5.57 Å². The first kappa shape index (κ1) is 18.7. The van der Waals surface area contributed by atoms with Gasteiger partial charge in [0.1, 0.15) is 5.76 Å². The molecule has 5 rings (SSSR count). The van der Waals surface area contributed by atoms with Crippen molar-refractivity contribution >= 4 is 39.0 Å². The Morgan fingerprint density at radius 3 is 1.67 bits per heavy atom. The Hall–Kier alpha value is -3.31. The van der Waals surface area contributed by atoms with Crippen LogP contribution in [0.5, 0.6) is 0 Å². The summed E-state index contributed by atoms with van der Waals surface area (Å²) in [7, 11) is 0. The summed E-state index contributed by atoms with van der Waals surface area (Å²) in [6, 6.07) is 22.3. The second kappa shape index (κ2) is 6.61. The van der Waals surface area contributed by atoms with Gasteiger partial charge in [-0.1, -0.05) is 94.8 Å². The lowest BCUT2D eigenvalue weighted by atomic mass is 9.76. The van der Waals surface area contributed by atoms with Gasteiger partial charge in [-0.25, -0.2) is 0 Å². The molecule has 0 spiro atoms. The zero-order valence-electron chi connectivity index (χ0n) is 15.6. The van der Waals surface area contributed by atoms with Crippen LogP contribution in [-0.2, 0) is 0 Å². The molecule has 3 aromatic carbocycles. The lowest BCUT2D eigenvalue weighted by Gasteiger charge is -2.30. The monoisotopic (exact) mass is 458 g/mol. The highest BCUT2D eigenvalue weighted by molar-refractivity contribution is 9.10. The number of fused-ring (bicyclic) bond motifs is 2. The van der Waals surface area contributed by atoms with Gasteiger partial charge in [-0.05, 0) is 5.56 Å². The first-order valence-electron chi connectivity index (χ1n) is 9.46. The number of carbonyl (C=O) groups is 3. The van der Waals surface area contributed by atoms with Gasteiger partial charge < -0.3 is 5.11 Å². The van der Waals surface area contributed by atoms with E-state index in [2.05, 4.69) is 15.9 Å². The van der Waals surface area contributed by atoms with Crippen molar-refractivity contribution in [3.63, 3.8) is 0 Å². The van der Waals surface area contributed by atoms with E-state index in [0.29, 0.717) is 27.8 Å². The minimum Gasteiger partial charge on any atom is -0.507 e. The Labute approximate surface area is 181 Å². The first-order chi connectivity index (χ1) is 14.5. The molecular weight excluding hydrogens is 444 g/mol. The third-order valence-electron chi connectivity index (χ3n) is 5.82. The lowest BCUT2D eigenvalue weighted by Crippen LogP contribution is -2.43. The third kappa shape index (κ3) is 2.36. The summed E-state index contributed by atoms with van der Waals surface area (Å²) in [5.74, 6) is -2.40. The minimum atomic E-state index is -1.72. The maximum absolute atomic E-state index is 13.5. The highest BCUT2D eigenvalue weighted by Crippen LogP contribution is 2.52. The molecule has 0 saturated carbocycles. The van der Waals surface area contributed by atoms with Crippen molar-refractivity contribution in [1.82, 2.24) is 0 Å². The van der Waals surface area contributed by atoms with Crippen LogP contribution in [0.2, 0.25) is 0 Å². The average Bonchev–Trinajstić information content (AvgIpc) is 3.14. The summed E-state index contributed by atoms with van der Waals surface area (Å²) >= 11 is 3.47. The molecule has 0 saturated heterocycles. The zero-order chi connectivity index (χ0) is 21.0. The van der Waals surface area contributed by atoms with E-state index >= 15 is 0 Å². The van der Waals surface area contributed by atoms with Crippen molar-refractivity contribution in [2.45, 2.75) is 10.2 Å². The number of hydrogen-bond donors (Lipinski definition) is 1. The number of carbonyl (C=O) groups excluding carboxylic acids is 3. The predicted molar refractivity (Wildman–Crippen MR) is 116 cm³/mol. The first-order valence-corrected chi connectivity index (χ1v) is 10.2. The summed E-state index contributed by atoms with van der Waals surface area (Å²) in [5.41, 5.74) is 2.02. The fourth-order valence-corrected chi connectivity index (χ4v) is 5.35. The van der Waals surface area contributed by atoms with Crippen LogP contribution in [0.1, 0.15) is 48.1 Å². The second-order valence-corrected chi connectivity index (χ2v) is 8.65. The van der Waals surface area contributed by atoms with E-state index in [1.807, 2.05) is 6.07 Å². The molecule has 0 amide bonds. The molecule has 1 N–H and O–H groups in total. The van der Waals surface area contributed by atoms with Gasteiger partial charge >= 0.3 is 0 Å². The van der Waals surface area contributed by atoms with Gasteiger partial charge in [0.2, 0.25) is 0 Å². The van der Waals surface area contributed by atoms with Gasteiger partial charge in [0.25, 0.3) is 0 Å². The standard InChI is InChI=1S/C25H15BrO4/c26-25(23(29)17-12-6-7-13-18(17)24(25)30)20(14-8-2-1-3-9-14)19-21(27)15-10-4-5-11-16(15)22(19)28/h1-13,20,27H. The Morgan fingerprint density at radius 1 is 0.667 bits per heavy atom. The highest BCUT2D eigenvalue weighted by Gasteiger charge is 2.59. The number of hydrogen-bond acceptors (Lipinski definition) is 4. The molecule has 2 aliphatic rings. The maximum Gasteiger partial charge on any atom is 0.194 e. The van der Waals surface area contributed by atoms with Gasteiger partial charge in [-0.15, -0.1) is 0 Å². The number of Topliss-reactive ketones (excluding diaryl/α,β-unsaturated/α-hetero) is 3. The van der Waals surface area contributed by atoms with E-state index in [-0.39, 0.29) is 17.1 Å². The number of alkyl halides is 1. The molecule has 0 heterocycles. The van der Waals surface area contributed by atoms with Crippen molar-refractivity contribution < 1.29 is 19.5 Å². The van der Waals surface area contributed by atoms with Gasteiger partial charge in [0, 0.05) is 28.2 Å². The Morgan fingerprint density at radius 2 is 1.13 bits per heavy atom. The van der Waals surface area contributed by atoms with Crippen molar-refractivity contribution in [3.05, 3.63) is 112 Å². The fraction of sp³-hybridized carbons (Fsp3) is 0.0800. The summed E-state index contributed by atoms with van der Waals surface area (Å²) in [6.45, 7) is 0. The van der Waals surface area contributed by atoms with Crippen LogP contribution < -0.4 is 0 Å². The number of ketones is 3. The van der Waals surface area contributed by atoms with Crippen LogP contribution in [0.3, 0.4) is 0 Å². The van der Waals surface area contributed by atoms with E-state index < -0.39 is 21.8 Å². The quantitative estimate of drug-likeness (QED) is 0.435. The van der Waals surface area contributed by atoms with E-state index in [4.69, 9.17) is 0 Å². The molecule has 30 heavy (non-hydrogen) atoms. The second-order valence-electron chi connectivity index (χ2n) is 7.40. The largest absolute Gasteiger partial charge is 0.507 e. The molecule has 0 aromatic heterocycles. The van der Waals surface area contributed by atoms with Crippen molar-refractivity contribution in [3.8, 4) is 0 Å². The number of benzene rings is 3. The highest BCUT2D eigenvalue weighted by atomic mass is 79.9. The Kier molecular flexibility index (Phi) is 4.12. The molecule has 146 valence electrons. The SMILES string of the molecule is O=C1C(C(c2ccccc2)C2(Br)C(=O)c3ccccc3C2=O)=C(O)c2ccccc21. The number of halogens is 1. The molecule has 3 aromatic rings. The molecule has 5 heteroatoms. The van der Waals surface area contributed by atoms with E-state index in [1.165, 1.54) is 0 Å². The molecule has 2 aliphatic carbocycles. The molecule has 0 aliphatic heterocycles. The predicted octanol–water partition coefficient (Wildman–Crippen LogP) is 5.15. The van der Waals surface area contributed by atoms with Crippen LogP contribution >= 0.6 is 15.9 Å². The summed E-state index contributed by atoms with van der Waals surface area (Å²) in [6.07, 6.45) is 0. The van der Waals surface area contributed by atoms with Crippen LogP contribution in [0.25, 0.3) is 5.76 Å². The molecule has 0 radical (unpaired) electrons. The van der Waals surface area contributed by atoms with E-state index in [1.54, 1.807) is 72.8 Å². The van der Waals surface area contributed by atoms with Crippen LogP contribution in [0.4, 0.5) is 0 Å². The summed E-state index contributed by atoms with van der Waals surface area (Å²) in [4.78, 5) is 40.4. The number of rotatable bonds is 3. The van der Waals surface area contributed by atoms with Gasteiger partial charge in [-0.3, -0.25) is 14.4 Å². The summed E-state index contributed by atoms with van der Waals surface area (Å²) < 4.78 is -1.72. The number of allylic oxidation sites excluding steroid dienone is 1. The zero-order valence-corrected chi connectivity index (χ0v) is 17.2. The molecular formula is C25H15BrO4. The maximum atomic E-state index is 13.5. The topological polar surface area (TPSA) is 71.4 Å². The molecule has 4 nitrogen and oxygen atoms in total. The van der Waals surface area contributed by atoms with E-state index in [9.17, 15) is 19.5 Å². The number of aliphatic hydroxyl groups is 1. The van der Waals surface area contributed by atoms with Gasteiger partial charge in [0.15, 0.2) is 21.7 Å². The van der Waals surface area contributed by atoms with Crippen LogP contribution in [0, 0.1) is 0 Å². The lowest BCUT2D eigenvalue weighted by molar-refractivity contribution is 0.0858. The van der Waals surface area contributed by atoms with E-state index in [0.717, 1.165) is 0 Å². The third-order valence-corrected chi connectivity index (χ3v) is 7.00. The van der Waals surface area contributed by atoms with Crippen LogP contribution in [-0.4, -0.2) is 26.8 Å². The average molecular weight is 459 g/mol. The van der Waals surface area contributed by atoms with Crippen molar-refractivity contribution in [1.29, 1.82) is 0 Å². The van der Waals surface area contributed by atoms with Crippen LogP contribution in [0.15, 0.2) is 84.4 Å². The van der Waals surface area contributed by atoms with Gasteiger partial charge in [-0.2, -0.15) is 0 Å². The van der Waals surface area contributed by atoms with Crippen molar-refractivity contribution in [2.24, 2.45) is 0 Å². The molecule has 1 atom stereocenters. The smallest absolute Gasteiger partial charge is 0.194 e. The molecule has 0 bridgehead atoms. The van der Waals surface area contributed by atoms with Crippen molar-refractivity contribution in [2.75, 3.05) is 0 Å². The molecule has 1 unspecified atom stereocenters. The normalized spacial score (nSPS) is 17.8. The molecule has 0 fully saturated rings. The summed E-state index contributed by atoms with van der Waals surface area (Å²) in [5, 5.41) is 11.0. The number of aliphatic hydroxyl groups excluding tert-OH is 1. The minimum absolute atomic E-state index is 0.0498. The Balaban J connectivity index is 1.78.